The molecular weight excluding hydrogens is 250 g/mol. The second kappa shape index (κ2) is 5.40. The van der Waals surface area contributed by atoms with E-state index in [1.807, 2.05) is 11.9 Å². The molecule has 1 aromatic heterocycles. The summed E-state index contributed by atoms with van der Waals surface area (Å²) in [7, 11) is 0. The fraction of sp³-hybridized carbons (Fsp3) is 0.583. The lowest BCUT2D eigenvalue weighted by molar-refractivity contribution is 0.0693. The molecule has 0 amide bonds. The van der Waals surface area contributed by atoms with Gasteiger partial charge in [-0.05, 0) is 32.9 Å². The van der Waals surface area contributed by atoms with Gasteiger partial charge in [0.15, 0.2) is 0 Å². The molecule has 1 saturated heterocycles. The predicted molar refractivity (Wildman–Crippen MR) is 68.7 cm³/mol. The highest BCUT2D eigenvalue weighted by Crippen LogP contribution is 2.12. The van der Waals surface area contributed by atoms with Crippen LogP contribution < -0.4 is 11.2 Å². The number of nitrogens with zero attached hydrogens (tertiary/aromatic N) is 2. The van der Waals surface area contributed by atoms with Crippen molar-refractivity contribution in [3.63, 3.8) is 0 Å². The maximum atomic E-state index is 11.7. The number of hydrogen-bond acceptors (Lipinski definition) is 4. The van der Waals surface area contributed by atoms with Crippen molar-refractivity contribution in [3.05, 3.63) is 32.6 Å². The Balaban J connectivity index is 2.27. The zero-order valence-electron chi connectivity index (χ0n) is 10.8. The second-order valence-electron chi connectivity index (χ2n) is 4.87. The summed E-state index contributed by atoms with van der Waals surface area (Å²) in [5.41, 5.74) is -1.84. The average Bonchev–Trinajstić information content (AvgIpc) is 2.81. The number of hydrogen-bond donors (Lipinski definition) is 2. The predicted octanol–water partition coefficient (Wildman–Crippen LogP) is -0.108. The van der Waals surface area contributed by atoms with E-state index in [1.54, 1.807) is 0 Å². The van der Waals surface area contributed by atoms with Gasteiger partial charge in [0.25, 0.3) is 5.56 Å². The van der Waals surface area contributed by atoms with Gasteiger partial charge in [-0.2, -0.15) is 0 Å². The topological polar surface area (TPSA) is 95.4 Å². The highest BCUT2D eigenvalue weighted by atomic mass is 16.4. The highest BCUT2D eigenvalue weighted by molar-refractivity contribution is 5.86. The quantitative estimate of drug-likeness (QED) is 0.793. The van der Waals surface area contributed by atoms with Gasteiger partial charge in [0.2, 0.25) is 0 Å². The van der Waals surface area contributed by atoms with Crippen molar-refractivity contribution in [1.29, 1.82) is 0 Å². The Kier molecular flexibility index (Phi) is 3.84. The minimum absolute atomic E-state index is 0.180. The van der Waals surface area contributed by atoms with E-state index in [0.717, 1.165) is 32.1 Å². The van der Waals surface area contributed by atoms with Gasteiger partial charge in [0.1, 0.15) is 5.56 Å². The maximum Gasteiger partial charge on any atom is 0.342 e. The molecule has 1 fully saturated rings. The van der Waals surface area contributed by atoms with Crippen LogP contribution in [0.4, 0.5) is 0 Å². The van der Waals surface area contributed by atoms with Crippen LogP contribution in [0, 0.1) is 0 Å². The summed E-state index contributed by atoms with van der Waals surface area (Å²) in [5, 5.41) is 8.90. The molecule has 104 valence electrons. The molecule has 7 nitrogen and oxygen atoms in total. The van der Waals surface area contributed by atoms with Crippen LogP contribution in [0.25, 0.3) is 0 Å². The Morgan fingerprint density at radius 3 is 2.63 bits per heavy atom. The Labute approximate surface area is 109 Å². The Morgan fingerprint density at radius 1 is 1.42 bits per heavy atom. The summed E-state index contributed by atoms with van der Waals surface area (Å²) in [6, 6.07) is -0.180. The molecule has 0 bridgehead atoms. The Bertz CT molecular complexity index is 583. The smallest absolute Gasteiger partial charge is 0.342 e. The SMILES string of the molecule is CC(CN1CCCC1)n1cc(C(=O)O)c(=O)[nH]c1=O. The number of carbonyl (C=O) groups is 1. The first-order chi connectivity index (χ1) is 8.99. The largest absolute Gasteiger partial charge is 0.477 e. The third kappa shape index (κ3) is 2.93. The molecule has 1 unspecified atom stereocenters. The third-order valence-electron chi connectivity index (χ3n) is 3.39. The minimum atomic E-state index is -1.33. The number of carboxylic acids is 1. The van der Waals surface area contributed by atoms with E-state index in [0.29, 0.717) is 6.54 Å². The van der Waals surface area contributed by atoms with Crippen LogP contribution in [0.1, 0.15) is 36.2 Å². The van der Waals surface area contributed by atoms with Gasteiger partial charge in [0, 0.05) is 18.8 Å². The molecule has 0 spiro atoms. The monoisotopic (exact) mass is 267 g/mol. The summed E-state index contributed by atoms with van der Waals surface area (Å²) < 4.78 is 1.28. The van der Waals surface area contributed by atoms with Gasteiger partial charge in [-0.3, -0.25) is 14.3 Å². The van der Waals surface area contributed by atoms with Crippen molar-refractivity contribution in [2.24, 2.45) is 0 Å². The molecule has 1 atom stereocenters. The number of aromatic amines is 1. The van der Waals surface area contributed by atoms with Gasteiger partial charge in [-0.1, -0.05) is 0 Å². The van der Waals surface area contributed by atoms with E-state index in [1.165, 1.54) is 4.57 Å². The molecule has 2 N–H and O–H groups in total. The zero-order valence-corrected chi connectivity index (χ0v) is 10.8. The third-order valence-corrected chi connectivity index (χ3v) is 3.39. The van der Waals surface area contributed by atoms with E-state index in [9.17, 15) is 14.4 Å². The van der Waals surface area contributed by atoms with Gasteiger partial charge in [-0.25, -0.2) is 9.59 Å². The van der Waals surface area contributed by atoms with E-state index >= 15 is 0 Å². The molecule has 1 aliphatic heterocycles. The Morgan fingerprint density at radius 2 is 2.05 bits per heavy atom. The molecular formula is C12H17N3O4. The fourth-order valence-corrected chi connectivity index (χ4v) is 2.39. The van der Waals surface area contributed by atoms with Crippen molar-refractivity contribution in [2.75, 3.05) is 19.6 Å². The van der Waals surface area contributed by atoms with Crippen molar-refractivity contribution in [3.8, 4) is 0 Å². The lowest BCUT2D eigenvalue weighted by Gasteiger charge is -2.21. The molecule has 0 radical (unpaired) electrons. The zero-order chi connectivity index (χ0) is 14.0. The van der Waals surface area contributed by atoms with Crippen LogP contribution in [-0.2, 0) is 0 Å². The van der Waals surface area contributed by atoms with E-state index in [-0.39, 0.29) is 6.04 Å². The van der Waals surface area contributed by atoms with Gasteiger partial charge >= 0.3 is 11.7 Å². The molecule has 1 aliphatic rings. The Hall–Kier alpha value is -1.89. The maximum absolute atomic E-state index is 11.7. The first kappa shape index (κ1) is 13.5. The van der Waals surface area contributed by atoms with Crippen molar-refractivity contribution in [2.45, 2.75) is 25.8 Å². The minimum Gasteiger partial charge on any atom is -0.477 e. The molecule has 2 heterocycles. The van der Waals surface area contributed by atoms with Gasteiger partial charge < -0.3 is 10.0 Å². The lowest BCUT2D eigenvalue weighted by Crippen LogP contribution is -2.38. The van der Waals surface area contributed by atoms with E-state index in [2.05, 4.69) is 4.90 Å². The van der Waals surface area contributed by atoms with Gasteiger partial charge in [-0.15, -0.1) is 0 Å². The fourth-order valence-electron chi connectivity index (χ4n) is 2.39. The summed E-state index contributed by atoms with van der Waals surface area (Å²) >= 11 is 0. The molecule has 0 saturated carbocycles. The highest BCUT2D eigenvalue weighted by Gasteiger charge is 2.18. The van der Waals surface area contributed by atoms with Crippen LogP contribution in [0.15, 0.2) is 15.8 Å². The van der Waals surface area contributed by atoms with Crippen molar-refractivity contribution < 1.29 is 9.90 Å². The standard InChI is InChI=1S/C12H17N3O4/c1-8(6-14-4-2-3-5-14)15-7-9(11(17)18)10(16)13-12(15)19/h7-8H,2-6H2,1H3,(H,17,18)(H,13,16,19). The lowest BCUT2D eigenvalue weighted by atomic mass is 10.2. The number of carboxylic acid groups (broad SMARTS) is 1. The normalized spacial score (nSPS) is 17.5. The van der Waals surface area contributed by atoms with Crippen molar-refractivity contribution in [1.82, 2.24) is 14.5 Å². The number of aromatic nitrogens is 2. The van der Waals surface area contributed by atoms with E-state index in [4.69, 9.17) is 5.11 Å². The van der Waals surface area contributed by atoms with Crippen LogP contribution in [0.3, 0.4) is 0 Å². The summed E-state index contributed by atoms with van der Waals surface area (Å²) in [5.74, 6) is -1.33. The number of H-pyrrole nitrogens is 1. The van der Waals surface area contributed by atoms with Crippen molar-refractivity contribution >= 4 is 5.97 Å². The first-order valence-electron chi connectivity index (χ1n) is 6.30. The van der Waals surface area contributed by atoms with Crippen LogP contribution in [-0.4, -0.2) is 45.2 Å². The number of likely N-dealkylation sites (tertiary alicyclic amines) is 1. The molecule has 2 rings (SSSR count). The molecule has 19 heavy (non-hydrogen) atoms. The second-order valence-corrected chi connectivity index (χ2v) is 4.87. The summed E-state index contributed by atoms with van der Waals surface area (Å²) in [6.45, 7) is 4.50. The molecule has 1 aromatic rings. The molecule has 0 aromatic carbocycles. The summed E-state index contributed by atoms with van der Waals surface area (Å²) in [6.07, 6.45) is 3.42. The van der Waals surface area contributed by atoms with E-state index < -0.39 is 22.8 Å². The van der Waals surface area contributed by atoms with Crippen LogP contribution >= 0.6 is 0 Å². The van der Waals surface area contributed by atoms with Gasteiger partial charge in [0.05, 0.1) is 0 Å². The number of nitrogens with one attached hydrogen (secondary N) is 1. The first-order valence-corrected chi connectivity index (χ1v) is 6.30. The average molecular weight is 267 g/mol. The molecule has 0 aliphatic carbocycles. The van der Waals surface area contributed by atoms with Crippen LogP contribution in [0.5, 0.6) is 0 Å². The van der Waals surface area contributed by atoms with Crippen LogP contribution in [0.2, 0.25) is 0 Å². The number of aromatic carboxylic acids is 1. The number of rotatable bonds is 4. The summed E-state index contributed by atoms with van der Waals surface area (Å²) in [4.78, 5) is 38.2. The molecule has 7 heteroatoms.